The lowest BCUT2D eigenvalue weighted by Gasteiger charge is -2.57. The molecule has 0 heterocycles. The zero-order chi connectivity index (χ0) is 71.4. The third-order valence-electron chi connectivity index (χ3n) is 29.0. The number of carbonyl (C=O) groups is 8. The summed E-state index contributed by atoms with van der Waals surface area (Å²) in [5, 5.41) is 0. The second-order valence-electron chi connectivity index (χ2n) is 32.7. The van der Waals surface area contributed by atoms with Crippen LogP contribution in [0.2, 0.25) is 0 Å². The number of halogens is 9. The van der Waals surface area contributed by atoms with Crippen molar-refractivity contribution in [2.75, 3.05) is 13.2 Å². The number of carbonyl (C=O) groups excluding carboxylic acids is 8. The predicted octanol–water partition coefficient (Wildman–Crippen LogP) is 17.2. The van der Waals surface area contributed by atoms with Gasteiger partial charge in [0.05, 0.1) is 17.8 Å². The molecule has 0 aromatic rings. The summed E-state index contributed by atoms with van der Waals surface area (Å²) in [6.07, 6.45) is 7.37. The van der Waals surface area contributed by atoms with Gasteiger partial charge in [-0.2, -0.15) is 39.5 Å². The first-order valence-corrected chi connectivity index (χ1v) is 34.5. The molecule has 0 N–H and O–H groups in total. The van der Waals surface area contributed by atoms with Gasteiger partial charge in [-0.15, -0.1) is 0 Å². The van der Waals surface area contributed by atoms with E-state index in [0.29, 0.717) is 56.9 Å². The molecule has 526 valence electrons. The predicted molar refractivity (Wildman–Crippen MR) is 341 cm³/mol. The molecule has 10 nitrogen and oxygen atoms in total. The molecule has 0 radical (unpaired) electrons. The third kappa shape index (κ3) is 10.8. The van der Waals surface area contributed by atoms with Crippen molar-refractivity contribution in [3.05, 3.63) is 94.2 Å². The van der Waals surface area contributed by atoms with Gasteiger partial charge in [-0.3, -0.25) is 38.4 Å². The molecule has 0 aliphatic heterocycles. The van der Waals surface area contributed by atoms with Crippen molar-refractivity contribution in [2.45, 2.75) is 199 Å². The Kier molecular flexibility index (Phi) is 18.2. The molecule has 0 saturated heterocycles. The molecule has 9 unspecified atom stereocenters. The minimum atomic E-state index is -4.46. The molecule has 6 fully saturated rings. The highest BCUT2D eigenvalue weighted by molar-refractivity contribution is 6.02. The summed E-state index contributed by atoms with van der Waals surface area (Å²) in [5.41, 5.74) is -2.53. The Bertz CT molecular complexity index is 3570. The van der Waals surface area contributed by atoms with Crippen LogP contribution in [-0.2, 0) is 47.8 Å². The van der Waals surface area contributed by atoms with Gasteiger partial charge in [0.15, 0.2) is 42.1 Å². The molecular formula is C77H95F9O10. The van der Waals surface area contributed by atoms with E-state index in [1.54, 1.807) is 19.1 Å². The van der Waals surface area contributed by atoms with Crippen molar-refractivity contribution in [2.24, 2.45) is 120 Å². The fourth-order valence-electron chi connectivity index (χ4n) is 22.5. The molecule has 96 heavy (non-hydrogen) atoms. The highest BCUT2D eigenvalue weighted by atomic mass is 19.4. The first-order chi connectivity index (χ1) is 44.1. The van der Waals surface area contributed by atoms with E-state index in [9.17, 15) is 77.9 Å². The second kappa shape index (κ2) is 24.0. The van der Waals surface area contributed by atoms with E-state index < -0.39 is 109 Å². The van der Waals surface area contributed by atoms with Crippen molar-refractivity contribution < 1.29 is 87.3 Å². The average molecular weight is 1350 g/mol. The number of hydrogen-bond acceptors (Lipinski definition) is 10. The van der Waals surface area contributed by atoms with Crippen LogP contribution in [0.4, 0.5) is 39.5 Å². The van der Waals surface area contributed by atoms with Gasteiger partial charge >= 0.3 is 30.5 Å². The van der Waals surface area contributed by atoms with Crippen molar-refractivity contribution in [3.8, 4) is 0 Å². The number of fused-ring (bicyclic) bond motifs is 15. The zero-order valence-corrected chi connectivity index (χ0v) is 58.1. The average Bonchev–Trinajstić information content (AvgIpc) is 1.42. The number of esters is 2. The van der Waals surface area contributed by atoms with E-state index in [-0.39, 0.29) is 126 Å². The van der Waals surface area contributed by atoms with Crippen molar-refractivity contribution >= 4 is 46.6 Å². The summed E-state index contributed by atoms with van der Waals surface area (Å²) >= 11 is 0. The molecule has 0 spiro atoms. The van der Waals surface area contributed by atoms with E-state index in [2.05, 4.69) is 6.08 Å². The highest BCUT2D eigenvalue weighted by Crippen LogP contribution is 2.75. The molecule has 12 rings (SSSR count). The molecule has 21 atom stereocenters. The monoisotopic (exact) mass is 1350 g/mol. The van der Waals surface area contributed by atoms with Gasteiger partial charge in [-0.1, -0.05) is 129 Å². The van der Waals surface area contributed by atoms with Crippen molar-refractivity contribution in [1.82, 2.24) is 0 Å². The number of Topliss-reactive ketones (excluding diaryl/α,β-unsaturated/α-hetero) is 3. The lowest BCUT2D eigenvalue weighted by atomic mass is 9.47. The molecule has 0 aromatic heterocycles. The van der Waals surface area contributed by atoms with Crippen LogP contribution in [0.1, 0.15) is 181 Å². The van der Waals surface area contributed by atoms with Gasteiger partial charge in [0, 0.05) is 59.2 Å². The van der Waals surface area contributed by atoms with Crippen LogP contribution in [-0.4, -0.2) is 78.4 Å². The summed E-state index contributed by atoms with van der Waals surface area (Å²) in [6, 6.07) is 0. The largest absolute Gasteiger partial charge is 0.458 e. The maximum atomic E-state index is 14.4. The molecule has 12 aliphatic rings. The van der Waals surface area contributed by atoms with Crippen molar-refractivity contribution in [1.29, 1.82) is 0 Å². The third-order valence-corrected chi connectivity index (χ3v) is 29.0. The standard InChI is InChI=1S/C26H33F3O4.C26H31F3O4.C25H31F3O2/c2*1-14-10-19-17-12-21(26(27,28)29)20-11-16(31)6-8-23(20,3)18(17)7-9-24(19,4)25(14,5)22(32)13-33-15(2)30;1-6-20(30)24(5)14(2)11-18-21-17(8-10-23(18,24)4)22(3)9-7-16(29)12-15(22)13-19(21)25(26,27)28/h7,11,14,17,19,21H,6,8-10,12-13H2,1-5H3;6-8,11,14,17,19,21H,9-10,12-13H2,1-5H3;7-9,12,14,18-19,21H,6,10-11,13H2,1-5H3/t2*14-,17?,19?,21?,23-,24+,25-;14-,18?,19?,21?,22-,23-,24+/m110/s1. The Hall–Kier alpha value is -5.75. The minimum absolute atomic E-state index is 0.0369. The van der Waals surface area contributed by atoms with Gasteiger partial charge in [-0.25, -0.2) is 0 Å². The van der Waals surface area contributed by atoms with E-state index in [1.807, 2.05) is 95.2 Å². The van der Waals surface area contributed by atoms with Gasteiger partial charge in [-0.05, 0) is 189 Å². The maximum absolute atomic E-state index is 14.4. The SMILES string of the molecule is CC(=O)OCC(=O)[C@@]1(C)[C@H](C)CC2C3CC(C(F)(F)F)C4=CC(=O)C=C[C@]4(C)C3=CC[C@@]21C.CC(=O)OCC(=O)[C@@]1(C)[C@H](C)CC2C3CC(C(F)(F)F)C4=CC(=O)CC[C@]4(C)C3=CC[C@@]21C.CCC(=O)[C@@]1(C)[C@@H](C)CC2C3C(=CC[C@@]21C)[C@@]1(C)C=CC(=O)C=C1CC3C(F)(F)F. The Morgan fingerprint density at radius 1 is 0.500 bits per heavy atom. The lowest BCUT2D eigenvalue weighted by molar-refractivity contribution is -0.200. The normalized spacial score (nSPS) is 43.2. The van der Waals surface area contributed by atoms with E-state index in [0.717, 1.165) is 16.7 Å². The number of ether oxygens (including phenoxy) is 2. The van der Waals surface area contributed by atoms with E-state index in [1.165, 1.54) is 44.2 Å². The molecule has 0 bridgehead atoms. The Morgan fingerprint density at radius 3 is 1.39 bits per heavy atom. The van der Waals surface area contributed by atoms with Gasteiger partial charge in [0.1, 0.15) is 5.78 Å². The lowest BCUT2D eigenvalue weighted by Crippen LogP contribution is -2.53. The summed E-state index contributed by atoms with van der Waals surface area (Å²) in [6.45, 7) is 27.2. The van der Waals surface area contributed by atoms with Crippen LogP contribution < -0.4 is 0 Å². The molecule has 19 heteroatoms. The van der Waals surface area contributed by atoms with Crippen LogP contribution in [0.3, 0.4) is 0 Å². The molecule has 6 saturated carbocycles. The smallest absolute Gasteiger partial charge is 0.395 e. The van der Waals surface area contributed by atoms with Crippen molar-refractivity contribution in [3.63, 3.8) is 0 Å². The van der Waals surface area contributed by atoms with E-state index in [4.69, 9.17) is 9.47 Å². The number of rotatable bonds is 8. The second-order valence-corrected chi connectivity index (χ2v) is 32.7. The molecule has 12 aliphatic carbocycles. The molecular weight excluding hydrogens is 1260 g/mol. The highest BCUT2D eigenvalue weighted by Gasteiger charge is 2.72. The topological polar surface area (TPSA) is 155 Å². The Labute approximate surface area is 558 Å². The summed E-state index contributed by atoms with van der Waals surface area (Å²) in [5.74, 6) is -8.74. The van der Waals surface area contributed by atoms with Crippen LogP contribution in [0.25, 0.3) is 0 Å². The fourth-order valence-corrected chi connectivity index (χ4v) is 22.5. The molecule has 0 amide bonds. The quantitative estimate of drug-likeness (QED) is 0.130. The van der Waals surface area contributed by atoms with Crippen LogP contribution >= 0.6 is 0 Å². The minimum Gasteiger partial charge on any atom is -0.458 e. The van der Waals surface area contributed by atoms with Gasteiger partial charge in [0.25, 0.3) is 0 Å². The zero-order valence-electron chi connectivity index (χ0n) is 58.1. The van der Waals surface area contributed by atoms with Gasteiger partial charge in [0.2, 0.25) is 0 Å². The van der Waals surface area contributed by atoms with Crippen LogP contribution in [0.5, 0.6) is 0 Å². The Morgan fingerprint density at radius 2 is 0.917 bits per heavy atom. The number of alkyl halides is 9. The first kappa shape index (κ1) is 73.0. The number of hydrogen-bond donors (Lipinski definition) is 0. The van der Waals surface area contributed by atoms with Crippen LogP contribution in [0.15, 0.2) is 94.2 Å². The maximum Gasteiger partial charge on any atom is 0.395 e. The summed E-state index contributed by atoms with van der Waals surface area (Å²) < 4.78 is 139. The number of allylic oxidation sites excluding steroid dienone is 16. The van der Waals surface area contributed by atoms with E-state index >= 15 is 0 Å². The fraction of sp³-hybridized carbons (Fsp3) is 0.688. The number of ketones is 6. The summed E-state index contributed by atoms with van der Waals surface area (Å²) in [7, 11) is 0. The van der Waals surface area contributed by atoms with Gasteiger partial charge < -0.3 is 9.47 Å². The Balaban J connectivity index is 0.000000157. The molecule has 0 aromatic carbocycles. The first-order valence-electron chi connectivity index (χ1n) is 34.5. The summed E-state index contributed by atoms with van der Waals surface area (Å²) in [4.78, 5) is 98.4. The van der Waals surface area contributed by atoms with Crippen LogP contribution in [0, 0.1) is 120 Å².